The molecule has 2 heteroatoms. The van der Waals surface area contributed by atoms with Crippen LogP contribution in [0.4, 0.5) is 0 Å². The Kier molecular flexibility index (Phi) is 2.92. The lowest BCUT2D eigenvalue weighted by Gasteiger charge is -2.24. The highest BCUT2D eigenvalue weighted by Gasteiger charge is 2.20. The fraction of sp³-hybridized carbons (Fsp3) is 0.500. The first-order chi connectivity index (χ1) is 6.84. The predicted octanol–water partition coefficient (Wildman–Crippen LogP) is 2.38. The van der Waals surface area contributed by atoms with Crippen LogP contribution in [0.1, 0.15) is 31.4 Å². The van der Waals surface area contributed by atoms with Crippen LogP contribution < -0.4 is 0 Å². The van der Waals surface area contributed by atoms with Crippen molar-refractivity contribution in [3.63, 3.8) is 0 Å². The third kappa shape index (κ3) is 2.41. The molecule has 0 amide bonds. The summed E-state index contributed by atoms with van der Waals surface area (Å²) in [6.07, 6.45) is 6.81. The van der Waals surface area contributed by atoms with Gasteiger partial charge in [-0.25, -0.2) is 0 Å². The molecule has 0 spiro atoms. The van der Waals surface area contributed by atoms with Gasteiger partial charge in [-0.15, -0.1) is 0 Å². The van der Waals surface area contributed by atoms with Gasteiger partial charge in [0.25, 0.3) is 0 Å². The predicted molar refractivity (Wildman–Crippen MR) is 54.9 cm³/mol. The number of Topliss-reactive ketones (excluding diaryl/α,β-unsaturated/α-hetero) is 1. The molecule has 0 saturated heterocycles. The van der Waals surface area contributed by atoms with Gasteiger partial charge in [0.15, 0.2) is 0 Å². The maximum atomic E-state index is 11.6. The molecule has 2 nitrogen and oxygen atoms in total. The summed E-state index contributed by atoms with van der Waals surface area (Å²) in [6.45, 7) is 0. The van der Waals surface area contributed by atoms with Gasteiger partial charge in [-0.05, 0) is 18.1 Å². The van der Waals surface area contributed by atoms with E-state index in [2.05, 4.69) is 4.98 Å². The molecule has 0 radical (unpaired) electrons. The lowest BCUT2D eigenvalue weighted by atomic mass is 9.81. The molecule has 0 aliphatic heterocycles. The molecule has 74 valence electrons. The third-order valence-electron chi connectivity index (χ3n) is 2.85. The van der Waals surface area contributed by atoms with E-state index in [1.807, 2.05) is 18.2 Å². The maximum absolute atomic E-state index is 11.6. The summed E-state index contributed by atoms with van der Waals surface area (Å²) in [6, 6.07) is 5.72. The number of aromatic nitrogens is 1. The van der Waals surface area contributed by atoms with Gasteiger partial charge in [0.2, 0.25) is 0 Å². The van der Waals surface area contributed by atoms with E-state index in [1.165, 1.54) is 19.3 Å². The molecule has 0 N–H and O–H groups in total. The zero-order chi connectivity index (χ0) is 9.80. The summed E-state index contributed by atoms with van der Waals surface area (Å²) in [7, 11) is 0. The van der Waals surface area contributed by atoms with E-state index in [9.17, 15) is 4.79 Å². The van der Waals surface area contributed by atoms with Crippen LogP contribution in [-0.2, 0) is 11.2 Å². The van der Waals surface area contributed by atoms with Crippen LogP contribution in [0.3, 0.4) is 0 Å². The highest BCUT2D eigenvalue weighted by Crippen LogP contribution is 2.29. The topological polar surface area (TPSA) is 30.0 Å². The first kappa shape index (κ1) is 9.38. The van der Waals surface area contributed by atoms with Crippen LogP contribution in [0.15, 0.2) is 24.4 Å². The zero-order valence-corrected chi connectivity index (χ0v) is 8.28. The highest BCUT2D eigenvalue weighted by molar-refractivity contribution is 5.80. The number of rotatable bonds is 4. The van der Waals surface area contributed by atoms with Crippen molar-refractivity contribution in [2.75, 3.05) is 0 Å². The Morgan fingerprint density at radius 1 is 1.43 bits per heavy atom. The van der Waals surface area contributed by atoms with Crippen LogP contribution in [0, 0.1) is 5.92 Å². The third-order valence-corrected chi connectivity index (χ3v) is 2.85. The molecule has 1 fully saturated rings. The van der Waals surface area contributed by atoms with Crippen molar-refractivity contribution in [2.24, 2.45) is 5.92 Å². The second kappa shape index (κ2) is 4.36. The van der Waals surface area contributed by atoms with E-state index < -0.39 is 0 Å². The molecule has 1 saturated carbocycles. The van der Waals surface area contributed by atoms with Crippen LogP contribution in [0.2, 0.25) is 0 Å². The Labute approximate surface area is 84.4 Å². The van der Waals surface area contributed by atoms with Crippen molar-refractivity contribution in [2.45, 2.75) is 32.1 Å². The Morgan fingerprint density at radius 2 is 2.29 bits per heavy atom. The van der Waals surface area contributed by atoms with Gasteiger partial charge >= 0.3 is 0 Å². The molecule has 1 aliphatic carbocycles. The van der Waals surface area contributed by atoms with Crippen molar-refractivity contribution in [3.8, 4) is 0 Å². The summed E-state index contributed by atoms with van der Waals surface area (Å²) in [5.41, 5.74) is 0.900. The van der Waals surface area contributed by atoms with Gasteiger partial charge in [0, 0.05) is 24.7 Å². The number of pyridine rings is 1. The SMILES string of the molecule is O=C(Cc1ccccn1)CC1CCC1. The highest BCUT2D eigenvalue weighted by atomic mass is 16.1. The first-order valence-corrected chi connectivity index (χ1v) is 5.26. The average molecular weight is 189 g/mol. The lowest BCUT2D eigenvalue weighted by Crippen LogP contribution is -2.17. The lowest BCUT2D eigenvalue weighted by molar-refractivity contribution is -0.119. The van der Waals surface area contributed by atoms with Crippen LogP contribution in [0.25, 0.3) is 0 Å². The number of hydrogen-bond donors (Lipinski definition) is 0. The fourth-order valence-electron chi connectivity index (χ4n) is 1.80. The molecule has 1 aliphatic rings. The Balaban J connectivity index is 1.82. The van der Waals surface area contributed by atoms with E-state index in [0.29, 0.717) is 18.1 Å². The fourth-order valence-corrected chi connectivity index (χ4v) is 1.80. The second-order valence-corrected chi connectivity index (χ2v) is 4.04. The minimum atomic E-state index is 0.341. The smallest absolute Gasteiger partial charge is 0.139 e. The quantitative estimate of drug-likeness (QED) is 0.728. The Morgan fingerprint density at radius 3 is 2.86 bits per heavy atom. The van der Waals surface area contributed by atoms with E-state index >= 15 is 0 Å². The van der Waals surface area contributed by atoms with Crippen LogP contribution >= 0.6 is 0 Å². The molecule has 0 bridgehead atoms. The van der Waals surface area contributed by atoms with Crippen molar-refractivity contribution in [1.29, 1.82) is 0 Å². The van der Waals surface area contributed by atoms with Crippen LogP contribution in [0.5, 0.6) is 0 Å². The van der Waals surface area contributed by atoms with Gasteiger partial charge in [0.05, 0.1) is 0 Å². The van der Waals surface area contributed by atoms with Gasteiger partial charge in [-0.3, -0.25) is 9.78 Å². The minimum absolute atomic E-state index is 0.341. The van der Waals surface area contributed by atoms with Gasteiger partial charge in [-0.1, -0.05) is 25.3 Å². The molecule has 0 unspecified atom stereocenters. The molecule has 1 aromatic rings. The monoisotopic (exact) mass is 189 g/mol. The minimum Gasteiger partial charge on any atom is -0.299 e. The van der Waals surface area contributed by atoms with Crippen molar-refractivity contribution >= 4 is 5.78 Å². The molecular weight excluding hydrogens is 174 g/mol. The van der Waals surface area contributed by atoms with E-state index in [0.717, 1.165) is 12.1 Å². The van der Waals surface area contributed by atoms with E-state index in [-0.39, 0.29) is 0 Å². The average Bonchev–Trinajstić information content (AvgIpc) is 2.13. The number of hydrogen-bond acceptors (Lipinski definition) is 2. The van der Waals surface area contributed by atoms with Crippen molar-refractivity contribution in [1.82, 2.24) is 4.98 Å². The standard InChI is InChI=1S/C12H15NO/c14-12(8-10-4-3-5-10)9-11-6-1-2-7-13-11/h1-2,6-7,10H,3-5,8-9H2. The van der Waals surface area contributed by atoms with Crippen molar-refractivity contribution < 1.29 is 4.79 Å². The van der Waals surface area contributed by atoms with Crippen molar-refractivity contribution in [3.05, 3.63) is 30.1 Å². The molecule has 0 aromatic carbocycles. The summed E-state index contributed by atoms with van der Waals surface area (Å²) in [4.78, 5) is 15.7. The molecule has 2 rings (SSSR count). The number of nitrogens with zero attached hydrogens (tertiary/aromatic N) is 1. The largest absolute Gasteiger partial charge is 0.299 e. The maximum Gasteiger partial charge on any atom is 0.139 e. The van der Waals surface area contributed by atoms with Crippen LogP contribution in [-0.4, -0.2) is 10.8 Å². The van der Waals surface area contributed by atoms with E-state index in [4.69, 9.17) is 0 Å². The van der Waals surface area contributed by atoms with Gasteiger partial charge < -0.3 is 0 Å². The Bertz CT molecular complexity index is 303. The summed E-state index contributed by atoms with van der Waals surface area (Å²) in [5, 5.41) is 0. The van der Waals surface area contributed by atoms with Gasteiger partial charge in [-0.2, -0.15) is 0 Å². The second-order valence-electron chi connectivity index (χ2n) is 4.04. The molecule has 0 atom stereocenters. The summed E-state index contributed by atoms with van der Waals surface area (Å²) >= 11 is 0. The number of carbonyl (C=O) groups is 1. The molecule has 14 heavy (non-hydrogen) atoms. The zero-order valence-electron chi connectivity index (χ0n) is 8.28. The molecule has 1 heterocycles. The summed E-state index contributed by atoms with van der Waals surface area (Å²) in [5.74, 6) is 1.01. The number of ketones is 1. The normalized spacial score (nSPS) is 16.3. The first-order valence-electron chi connectivity index (χ1n) is 5.26. The van der Waals surface area contributed by atoms with Gasteiger partial charge in [0.1, 0.15) is 5.78 Å². The Hall–Kier alpha value is -1.18. The summed E-state index contributed by atoms with van der Waals surface area (Å²) < 4.78 is 0. The number of carbonyl (C=O) groups excluding carboxylic acids is 1. The molecular formula is C12H15NO. The van der Waals surface area contributed by atoms with E-state index in [1.54, 1.807) is 6.20 Å². The molecule has 1 aromatic heterocycles.